The summed E-state index contributed by atoms with van der Waals surface area (Å²) in [6, 6.07) is 0. The van der Waals surface area contributed by atoms with Gasteiger partial charge in [0.2, 0.25) is 0 Å². The second kappa shape index (κ2) is 4.69. The Morgan fingerprint density at radius 3 is 2.92 bits per heavy atom. The van der Waals surface area contributed by atoms with Gasteiger partial charge in [-0.3, -0.25) is 0 Å². The zero-order chi connectivity index (χ0) is 8.93. The van der Waals surface area contributed by atoms with Crippen molar-refractivity contribution in [1.29, 1.82) is 0 Å². The second-order valence-corrected chi connectivity index (χ2v) is 4.45. The lowest BCUT2D eigenvalue weighted by molar-refractivity contribution is 0.225. The van der Waals surface area contributed by atoms with Crippen LogP contribution in [0.2, 0.25) is 0 Å². The topological polar surface area (TPSA) is 9.23 Å². The molecule has 2 rings (SSSR count). The number of hydrogen-bond donors (Lipinski definition) is 0. The fraction of sp³-hybridized carbons (Fsp3) is 0.833. The highest BCUT2D eigenvalue weighted by Crippen LogP contribution is 2.42. The van der Waals surface area contributed by atoms with Crippen LogP contribution in [0.1, 0.15) is 44.9 Å². The van der Waals surface area contributed by atoms with Crippen LogP contribution in [0.25, 0.3) is 0 Å². The van der Waals surface area contributed by atoms with Crippen molar-refractivity contribution in [1.82, 2.24) is 0 Å². The summed E-state index contributed by atoms with van der Waals surface area (Å²) in [7, 11) is 0. The zero-order valence-corrected chi connectivity index (χ0v) is 8.37. The van der Waals surface area contributed by atoms with Crippen LogP contribution in [0.15, 0.2) is 12.3 Å². The maximum Gasteiger partial charge on any atom is 0.0904 e. The van der Waals surface area contributed by atoms with Gasteiger partial charge in [0, 0.05) is 0 Å². The highest BCUT2D eigenvalue weighted by molar-refractivity contribution is 4.87. The number of hydrogen-bond acceptors (Lipinski definition) is 1. The van der Waals surface area contributed by atoms with Gasteiger partial charge in [-0.25, -0.2) is 0 Å². The van der Waals surface area contributed by atoms with Crippen molar-refractivity contribution in [3.63, 3.8) is 0 Å². The lowest BCUT2D eigenvalue weighted by atomic mass is 10.1. The molecule has 1 saturated carbocycles. The summed E-state index contributed by atoms with van der Waals surface area (Å²) in [6.45, 7) is 0.973. The van der Waals surface area contributed by atoms with E-state index in [0.717, 1.165) is 18.4 Å². The average Bonchev–Trinajstić information content (AvgIpc) is 2.83. The van der Waals surface area contributed by atoms with E-state index in [1.807, 2.05) is 6.26 Å². The van der Waals surface area contributed by atoms with Crippen molar-refractivity contribution in [2.45, 2.75) is 44.9 Å². The first-order chi connectivity index (χ1) is 6.47. The first-order valence-corrected chi connectivity index (χ1v) is 5.73. The molecule has 0 aromatic rings. The van der Waals surface area contributed by atoms with Crippen molar-refractivity contribution in [2.24, 2.45) is 11.8 Å². The molecule has 2 aliphatic rings. The Bertz CT molecular complexity index is 174. The first kappa shape index (κ1) is 9.11. The minimum Gasteiger partial charge on any atom is -0.501 e. The summed E-state index contributed by atoms with van der Waals surface area (Å²) < 4.78 is 5.48. The number of rotatable bonds is 0. The lowest BCUT2D eigenvalue weighted by Gasteiger charge is -2.03. The lowest BCUT2D eigenvalue weighted by Crippen LogP contribution is -1.94. The van der Waals surface area contributed by atoms with Crippen molar-refractivity contribution in [2.75, 3.05) is 6.61 Å². The van der Waals surface area contributed by atoms with E-state index in [4.69, 9.17) is 4.74 Å². The third kappa shape index (κ3) is 3.06. The van der Waals surface area contributed by atoms with E-state index in [9.17, 15) is 0 Å². The Morgan fingerprint density at radius 2 is 1.92 bits per heavy atom. The SMILES string of the molecule is C1=C\OCC2CC2CCCCCC/1. The standard InChI is InChI=1S/C12H20O/c1-2-4-6-8-13-10-12-9-11(12)7-5-3-1/h6,8,11-12H,1-5,7,9-10H2/b8-6-. The molecule has 1 aliphatic heterocycles. The first-order valence-electron chi connectivity index (χ1n) is 5.73. The predicted molar refractivity (Wildman–Crippen MR) is 54.4 cm³/mol. The van der Waals surface area contributed by atoms with Gasteiger partial charge in [-0.2, -0.15) is 0 Å². The van der Waals surface area contributed by atoms with Crippen LogP contribution >= 0.6 is 0 Å². The highest BCUT2D eigenvalue weighted by atomic mass is 16.5. The number of ether oxygens (including phenoxy) is 1. The summed E-state index contributed by atoms with van der Waals surface area (Å²) in [5.74, 6) is 1.90. The maximum absolute atomic E-state index is 5.48. The van der Waals surface area contributed by atoms with Gasteiger partial charge >= 0.3 is 0 Å². The van der Waals surface area contributed by atoms with Gasteiger partial charge in [-0.1, -0.05) is 25.7 Å². The Kier molecular flexibility index (Phi) is 3.28. The Hall–Kier alpha value is -0.460. The molecule has 0 bridgehead atoms. The van der Waals surface area contributed by atoms with Crippen LogP contribution in [0, 0.1) is 11.8 Å². The van der Waals surface area contributed by atoms with Gasteiger partial charge in [0.1, 0.15) is 0 Å². The molecule has 0 saturated heterocycles. The van der Waals surface area contributed by atoms with E-state index in [1.54, 1.807) is 0 Å². The Morgan fingerprint density at radius 1 is 1.00 bits per heavy atom. The molecule has 0 amide bonds. The van der Waals surface area contributed by atoms with Gasteiger partial charge < -0.3 is 4.74 Å². The van der Waals surface area contributed by atoms with E-state index >= 15 is 0 Å². The molecule has 74 valence electrons. The smallest absolute Gasteiger partial charge is 0.0904 e. The van der Waals surface area contributed by atoms with Gasteiger partial charge in [0.15, 0.2) is 0 Å². The van der Waals surface area contributed by atoms with Crippen LogP contribution in [0.3, 0.4) is 0 Å². The van der Waals surface area contributed by atoms with Crippen molar-refractivity contribution >= 4 is 0 Å². The van der Waals surface area contributed by atoms with E-state index in [1.165, 1.54) is 44.9 Å². The zero-order valence-electron chi connectivity index (χ0n) is 8.37. The molecular formula is C12H20O. The van der Waals surface area contributed by atoms with Gasteiger partial charge in [0.05, 0.1) is 12.9 Å². The van der Waals surface area contributed by atoms with Crippen LogP contribution in [-0.2, 0) is 4.74 Å². The van der Waals surface area contributed by atoms with Crippen LogP contribution in [0.5, 0.6) is 0 Å². The molecule has 0 aromatic heterocycles. The molecule has 1 nitrogen and oxygen atoms in total. The summed E-state index contributed by atoms with van der Waals surface area (Å²) in [5.41, 5.74) is 0. The third-order valence-electron chi connectivity index (χ3n) is 3.27. The van der Waals surface area contributed by atoms with Crippen LogP contribution < -0.4 is 0 Å². The van der Waals surface area contributed by atoms with Gasteiger partial charge in [-0.15, -0.1) is 0 Å². The van der Waals surface area contributed by atoms with E-state index < -0.39 is 0 Å². The van der Waals surface area contributed by atoms with E-state index in [-0.39, 0.29) is 0 Å². The van der Waals surface area contributed by atoms with Gasteiger partial charge in [0.25, 0.3) is 0 Å². The molecular weight excluding hydrogens is 160 g/mol. The normalized spacial score (nSPS) is 37.5. The molecule has 1 heteroatoms. The Labute approximate surface area is 81.2 Å². The summed E-state index contributed by atoms with van der Waals surface area (Å²) in [6.07, 6.45) is 13.8. The molecule has 2 atom stereocenters. The molecule has 0 N–H and O–H groups in total. The van der Waals surface area contributed by atoms with Gasteiger partial charge in [-0.05, 0) is 37.2 Å². The predicted octanol–water partition coefficient (Wildman–Crippen LogP) is 3.51. The van der Waals surface area contributed by atoms with Crippen LogP contribution in [0.4, 0.5) is 0 Å². The molecule has 2 unspecified atom stereocenters. The molecule has 13 heavy (non-hydrogen) atoms. The van der Waals surface area contributed by atoms with Crippen molar-refractivity contribution in [3.8, 4) is 0 Å². The maximum atomic E-state index is 5.48. The minimum absolute atomic E-state index is 0.893. The third-order valence-corrected chi connectivity index (χ3v) is 3.27. The average molecular weight is 180 g/mol. The quantitative estimate of drug-likeness (QED) is 0.554. The van der Waals surface area contributed by atoms with E-state index in [2.05, 4.69) is 6.08 Å². The molecule has 0 radical (unpaired) electrons. The summed E-state index contributed by atoms with van der Waals surface area (Å²) >= 11 is 0. The fourth-order valence-electron chi connectivity index (χ4n) is 2.21. The summed E-state index contributed by atoms with van der Waals surface area (Å²) in [5, 5.41) is 0. The van der Waals surface area contributed by atoms with E-state index in [0.29, 0.717) is 0 Å². The molecule has 1 aliphatic carbocycles. The molecule has 0 aromatic carbocycles. The number of fused-ring (bicyclic) bond motifs is 1. The minimum atomic E-state index is 0.893. The number of allylic oxidation sites excluding steroid dienone is 1. The molecule has 1 fully saturated rings. The summed E-state index contributed by atoms with van der Waals surface area (Å²) in [4.78, 5) is 0. The molecule has 0 spiro atoms. The Balaban J connectivity index is 1.73. The highest BCUT2D eigenvalue weighted by Gasteiger charge is 2.36. The van der Waals surface area contributed by atoms with Crippen molar-refractivity contribution in [3.05, 3.63) is 12.3 Å². The van der Waals surface area contributed by atoms with Crippen LogP contribution in [-0.4, -0.2) is 6.61 Å². The second-order valence-electron chi connectivity index (χ2n) is 4.45. The monoisotopic (exact) mass is 180 g/mol. The fourth-order valence-corrected chi connectivity index (χ4v) is 2.21. The largest absolute Gasteiger partial charge is 0.501 e. The van der Waals surface area contributed by atoms with Crippen molar-refractivity contribution < 1.29 is 4.74 Å². The molecule has 1 heterocycles.